The van der Waals surface area contributed by atoms with Crippen molar-refractivity contribution in [1.82, 2.24) is 9.80 Å². The maximum absolute atomic E-state index is 12.9. The molecule has 1 saturated carbocycles. The number of hydrogen-bond acceptors (Lipinski definition) is 4. The Bertz CT molecular complexity index is 469. The SMILES string of the molecule is CCOC/C=C\C(=C/CF)N1CCN(C(O)[C@@H]2CCCC[C@H]2C)[C@H](C)C1. The average molecular weight is 369 g/mol. The Morgan fingerprint density at radius 1 is 1.27 bits per heavy atom. The van der Waals surface area contributed by atoms with Crippen molar-refractivity contribution in [1.29, 1.82) is 0 Å². The van der Waals surface area contributed by atoms with E-state index in [0.717, 1.165) is 31.8 Å². The van der Waals surface area contributed by atoms with Gasteiger partial charge < -0.3 is 14.7 Å². The molecule has 4 atom stereocenters. The molecule has 1 aliphatic carbocycles. The molecule has 1 unspecified atom stereocenters. The zero-order valence-electron chi connectivity index (χ0n) is 16.7. The minimum absolute atomic E-state index is 0.246. The second-order valence-electron chi connectivity index (χ2n) is 7.72. The highest BCUT2D eigenvalue weighted by Gasteiger charge is 2.36. The van der Waals surface area contributed by atoms with Crippen LogP contribution in [0.1, 0.15) is 46.5 Å². The van der Waals surface area contributed by atoms with Gasteiger partial charge >= 0.3 is 0 Å². The van der Waals surface area contributed by atoms with Gasteiger partial charge in [-0.15, -0.1) is 0 Å². The molecule has 0 spiro atoms. The lowest BCUT2D eigenvalue weighted by Gasteiger charge is -2.47. The average Bonchev–Trinajstić information content (AvgIpc) is 2.64. The minimum atomic E-state index is -0.467. The van der Waals surface area contributed by atoms with Gasteiger partial charge in [-0.2, -0.15) is 0 Å². The molecule has 5 heteroatoms. The highest BCUT2D eigenvalue weighted by molar-refractivity contribution is 5.19. The van der Waals surface area contributed by atoms with Crippen molar-refractivity contribution in [3.63, 3.8) is 0 Å². The van der Waals surface area contributed by atoms with Gasteiger partial charge in [-0.3, -0.25) is 4.90 Å². The molecule has 0 bridgehead atoms. The zero-order chi connectivity index (χ0) is 18.9. The largest absolute Gasteiger partial charge is 0.378 e. The maximum Gasteiger partial charge on any atom is 0.110 e. The number of piperazine rings is 1. The molecule has 1 N–H and O–H groups in total. The fourth-order valence-electron chi connectivity index (χ4n) is 4.37. The van der Waals surface area contributed by atoms with Crippen LogP contribution in [0.5, 0.6) is 0 Å². The van der Waals surface area contributed by atoms with Crippen molar-refractivity contribution in [3.05, 3.63) is 23.9 Å². The summed E-state index contributed by atoms with van der Waals surface area (Å²) in [5, 5.41) is 11.0. The molecule has 2 fully saturated rings. The number of alkyl halides is 1. The minimum Gasteiger partial charge on any atom is -0.378 e. The molecule has 0 aromatic carbocycles. The van der Waals surface area contributed by atoms with Crippen LogP contribution in [-0.2, 0) is 4.74 Å². The third-order valence-corrected chi connectivity index (χ3v) is 5.94. The topological polar surface area (TPSA) is 35.9 Å². The summed E-state index contributed by atoms with van der Waals surface area (Å²) in [7, 11) is 0. The summed E-state index contributed by atoms with van der Waals surface area (Å²) in [6.07, 6.45) is 10.0. The van der Waals surface area contributed by atoms with Crippen LogP contribution in [0.4, 0.5) is 4.39 Å². The van der Waals surface area contributed by atoms with E-state index in [4.69, 9.17) is 4.74 Å². The Balaban J connectivity index is 1.95. The molecule has 1 heterocycles. The second-order valence-corrected chi connectivity index (χ2v) is 7.72. The smallest absolute Gasteiger partial charge is 0.110 e. The molecule has 26 heavy (non-hydrogen) atoms. The van der Waals surface area contributed by atoms with Gasteiger partial charge in [-0.1, -0.05) is 32.3 Å². The highest BCUT2D eigenvalue weighted by Crippen LogP contribution is 2.34. The summed E-state index contributed by atoms with van der Waals surface area (Å²) in [5.74, 6) is 0.970. The number of aliphatic hydroxyl groups excluding tert-OH is 1. The number of nitrogens with zero attached hydrogens (tertiary/aromatic N) is 2. The number of aliphatic hydroxyl groups is 1. The molecular formula is C21H37FN2O2. The van der Waals surface area contributed by atoms with Crippen LogP contribution in [0, 0.1) is 11.8 Å². The third kappa shape index (κ3) is 5.80. The van der Waals surface area contributed by atoms with E-state index >= 15 is 0 Å². The van der Waals surface area contributed by atoms with Crippen LogP contribution in [-0.4, -0.2) is 66.7 Å². The van der Waals surface area contributed by atoms with E-state index in [-0.39, 0.29) is 12.3 Å². The molecular weight excluding hydrogens is 331 g/mol. The predicted octanol–water partition coefficient (Wildman–Crippen LogP) is 3.58. The predicted molar refractivity (Wildman–Crippen MR) is 105 cm³/mol. The van der Waals surface area contributed by atoms with Crippen molar-refractivity contribution in [3.8, 4) is 0 Å². The Kier molecular flexibility index (Phi) is 9.09. The Morgan fingerprint density at radius 3 is 2.69 bits per heavy atom. The quantitative estimate of drug-likeness (QED) is 0.525. The molecule has 0 radical (unpaired) electrons. The van der Waals surface area contributed by atoms with Crippen LogP contribution in [0.15, 0.2) is 23.9 Å². The maximum atomic E-state index is 12.9. The Hall–Kier alpha value is -0.910. The number of allylic oxidation sites excluding steroid dienone is 2. The zero-order valence-corrected chi connectivity index (χ0v) is 16.7. The van der Waals surface area contributed by atoms with E-state index < -0.39 is 6.67 Å². The number of rotatable bonds is 8. The number of ether oxygens (including phenoxy) is 1. The first-order chi connectivity index (χ1) is 12.6. The lowest BCUT2D eigenvalue weighted by atomic mass is 9.78. The molecule has 0 amide bonds. The van der Waals surface area contributed by atoms with Crippen LogP contribution >= 0.6 is 0 Å². The lowest BCUT2D eigenvalue weighted by Crippen LogP contribution is -2.57. The van der Waals surface area contributed by atoms with Crippen LogP contribution in [0.3, 0.4) is 0 Å². The van der Waals surface area contributed by atoms with Crippen LogP contribution in [0.25, 0.3) is 0 Å². The highest BCUT2D eigenvalue weighted by atomic mass is 19.1. The normalized spacial score (nSPS) is 30.1. The van der Waals surface area contributed by atoms with Gasteiger partial charge in [-0.25, -0.2) is 4.39 Å². The fourth-order valence-corrected chi connectivity index (χ4v) is 4.37. The van der Waals surface area contributed by atoms with E-state index in [9.17, 15) is 9.50 Å². The second kappa shape index (κ2) is 11.1. The number of hydrogen-bond donors (Lipinski definition) is 1. The first-order valence-electron chi connectivity index (χ1n) is 10.3. The molecule has 4 nitrogen and oxygen atoms in total. The van der Waals surface area contributed by atoms with Crippen LogP contribution in [0.2, 0.25) is 0 Å². The van der Waals surface area contributed by atoms with Gasteiger partial charge in [0.1, 0.15) is 12.9 Å². The van der Waals surface area contributed by atoms with Gasteiger partial charge in [0.25, 0.3) is 0 Å². The fraction of sp³-hybridized carbons (Fsp3) is 0.810. The first kappa shape index (κ1) is 21.4. The molecule has 0 aromatic rings. The van der Waals surface area contributed by atoms with E-state index in [0.29, 0.717) is 25.0 Å². The van der Waals surface area contributed by atoms with E-state index in [1.165, 1.54) is 19.3 Å². The summed E-state index contributed by atoms with van der Waals surface area (Å²) in [6.45, 7) is 9.61. The van der Waals surface area contributed by atoms with Gasteiger partial charge in [0, 0.05) is 43.9 Å². The molecule has 1 saturated heterocycles. The Morgan fingerprint density at radius 2 is 2.04 bits per heavy atom. The van der Waals surface area contributed by atoms with Crippen molar-refractivity contribution >= 4 is 0 Å². The standard InChI is InChI=1S/C21H37FN2O2/c1-4-26-15-7-9-19(11-12-22)23-13-14-24(18(3)16-23)21(25)20-10-6-5-8-17(20)2/h7,9,11,17-18,20-21,25H,4-6,8,10,12-16H2,1-3H3/b9-7-,19-11+/t17-,18-,20-,21?/m1/s1. The van der Waals surface area contributed by atoms with Gasteiger partial charge in [0.05, 0.1) is 6.61 Å². The van der Waals surface area contributed by atoms with Crippen molar-refractivity contribution < 1.29 is 14.2 Å². The van der Waals surface area contributed by atoms with Gasteiger partial charge in [0.2, 0.25) is 0 Å². The summed E-state index contributed by atoms with van der Waals surface area (Å²) in [4.78, 5) is 4.47. The van der Waals surface area contributed by atoms with Gasteiger partial charge in [0.15, 0.2) is 0 Å². The Labute approximate surface area is 158 Å². The molecule has 2 rings (SSSR count). The van der Waals surface area contributed by atoms with Crippen molar-refractivity contribution in [2.24, 2.45) is 11.8 Å². The van der Waals surface area contributed by atoms with E-state index in [2.05, 4.69) is 23.6 Å². The summed E-state index contributed by atoms with van der Waals surface area (Å²) in [6, 6.07) is 0.246. The van der Waals surface area contributed by atoms with Crippen LogP contribution < -0.4 is 0 Å². The summed E-state index contributed by atoms with van der Waals surface area (Å²) < 4.78 is 18.3. The van der Waals surface area contributed by atoms with E-state index in [1.54, 1.807) is 6.08 Å². The third-order valence-electron chi connectivity index (χ3n) is 5.94. The lowest BCUT2D eigenvalue weighted by molar-refractivity contribution is -0.101. The molecule has 150 valence electrons. The van der Waals surface area contributed by atoms with E-state index in [1.807, 2.05) is 19.1 Å². The molecule has 1 aliphatic heterocycles. The summed E-state index contributed by atoms with van der Waals surface area (Å²) in [5.41, 5.74) is 0.916. The monoisotopic (exact) mass is 368 g/mol. The van der Waals surface area contributed by atoms with Crippen molar-refractivity contribution in [2.45, 2.75) is 58.7 Å². The van der Waals surface area contributed by atoms with Crippen molar-refractivity contribution in [2.75, 3.05) is 39.5 Å². The number of halogens is 1. The first-order valence-corrected chi connectivity index (χ1v) is 10.3. The summed E-state index contributed by atoms with van der Waals surface area (Å²) >= 11 is 0. The molecule has 2 aliphatic rings. The molecule has 0 aromatic heterocycles. The van der Waals surface area contributed by atoms with Gasteiger partial charge in [-0.05, 0) is 38.3 Å².